The quantitative estimate of drug-likeness (QED) is 0.378. The van der Waals surface area contributed by atoms with E-state index in [1.807, 2.05) is 55.1 Å². The summed E-state index contributed by atoms with van der Waals surface area (Å²) < 4.78 is 8.16. The molecule has 0 spiro atoms. The van der Waals surface area contributed by atoms with E-state index < -0.39 is 0 Å². The van der Waals surface area contributed by atoms with Gasteiger partial charge in [0.25, 0.3) is 0 Å². The van der Waals surface area contributed by atoms with Crippen LogP contribution in [0.1, 0.15) is 12.5 Å². The first-order valence-corrected chi connectivity index (χ1v) is 12.1. The Morgan fingerprint density at radius 3 is 2.81 bits per heavy atom. The van der Waals surface area contributed by atoms with Crippen molar-refractivity contribution in [1.82, 2.24) is 29.8 Å². The highest BCUT2D eigenvalue weighted by atomic mass is 16.5. The molecular weight excluding hydrogens is 452 g/mol. The maximum absolute atomic E-state index is 6.17. The molecule has 0 radical (unpaired) electrons. The van der Waals surface area contributed by atoms with Crippen molar-refractivity contribution in [3.05, 3.63) is 66.9 Å². The van der Waals surface area contributed by atoms with Crippen LogP contribution in [0.3, 0.4) is 0 Å². The lowest BCUT2D eigenvalue weighted by atomic mass is 10.2. The lowest BCUT2D eigenvalue weighted by Crippen LogP contribution is -2.49. The highest BCUT2D eigenvalue weighted by Gasteiger charge is 2.18. The average molecular weight is 481 g/mol. The van der Waals surface area contributed by atoms with Crippen molar-refractivity contribution < 1.29 is 4.74 Å². The van der Waals surface area contributed by atoms with E-state index in [2.05, 4.69) is 54.5 Å². The molecule has 2 N–H and O–H groups in total. The number of piperazine rings is 1. The molecule has 2 aromatic carbocycles. The van der Waals surface area contributed by atoms with E-state index in [0.717, 1.165) is 76.0 Å². The molecule has 0 bridgehead atoms. The fourth-order valence-electron chi connectivity index (χ4n) is 4.65. The van der Waals surface area contributed by atoms with Gasteiger partial charge in [0.1, 0.15) is 29.5 Å². The Balaban J connectivity index is 1.25. The van der Waals surface area contributed by atoms with E-state index in [0.29, 0.717) is 6.04 Å². The third-order valence-electron chi connectivity index (χ3n) is 6.56. The number of anilines is 3. The highest BCUT2D eigenvalue weighted by molar-refractivity contribution is 5.92. The summed E-state index contributed by atoms with van der Waals surface area (Å²) in [6.45, 7) is 7.01. The Labute approximate surface area is 209 Å². The van der Waals surface area contributed by atoms with Gasteiger partial charge >= 0.3 is 0 Å². The normalized spacial score (nSPS) is 16.0. The number of ether oxygens (including phenoxy) is 1. The summed E-state index contributed by atoms with van der Waals surface area (Å²) in [6, 6.07) is 14.5. The molecule has 4 heterocycles. The minimum Gasteiger partial charge on any atom is -0.457 e. The number of rotatable bonds is 5. The molecule has 1 saturated heterocycles. The third kappa shape index (κ3) is 4.29. The summed E-state index contributed by atoms with van der Waals surface area (Å²) in [5, 5.41) is 7.88. The second kappa shape index (κ2) is 9.09. The van der Waals surface area contributed by atoms with Gasteiger partial charge in [-0.1, -0.05) is 0 Å². The molecule has 0 unspecified atom stereocenters. The van der Waals surface area contributed by atoms with Crippen LogP contribution in [-0.2, 0) is 7.05 Å². The van der Waals surface area contributed by atoms with Gasteiger partial charge in [-0.15, -0.1) is 0 Å². The molecule has 9 heteroatoms. The molecule has 3 aromatic heterocycles. The van der Waals surface area contributed by atoms with Crippen molar-refractivity contribution in [2.75, 3.05) is 29.9 Å². The Kier molecular flexibility index (Phi) is 5.61. The van der Waals surface area contributed by atoms with E-state index in [4.69, 9.17) is 4.74 Å². The van der Waals surface area contributed by atoms with E-state index in [9.17, 15) is 0 Å². The van der Waals surface area contributed by atoms with Crippen molar-refractivity contribution in [2.24, 2.45) is 7.05 Å². The molecule has 1 aliphatic heterocycles. The average Bonchev–Trinajstić information content (AvgIpc) is 3.25. The van der Waals surface area contributed by atoms with Crippen LogP contribution in [0, 0.1) is 6.92 Å². The lowest BCUT2D eigenvalue weighted by molar-refractivity contribution is 0.479. The molecule has 1 aliphatic rings. The number of hydrogen-bond donors (Lipinski definition) is 2. The van der Waals surface area contributed by atoms with Crippen molar-refractivity contribution in [3.8, 4) is 11.5 Å². The van der Waals surface area contributed by atoms with E-state index in [1.54, 1.807) is 12.7 Å². The van der Waals surface area contributed by atoms with Crippen molar-refractivity contribution >= 4 is 39.3 Å². The summed E-state index contributed by atoms with van der Waals surface area (Å²) in [6.07, 6.45) is 5.20. The van der Waals surface area contributed by atoms with E-state index in [1.165, 1.54) is 0 Å². The molecule has 6 rings (SSSR count). The van der Waals surface area contributed by atoms with Gasteiger partial charge in [-0.05, 0) is 55.8 Å². The van der Waals surface area contributed by atoms with Gasteiger partial charge in [0.05, 0.1) is 29.1 Å². The van der Waals surface area contributed by atoms with Crippen LogP contribution in [0.5, 0.6) is 11.5 Å². The van der Waals surface area contributed by atoms with Crippen LogP contribution < -0.4 is 20.3 Å². The number of hydrogen-bond acceptors (Lipinski definition) is 8. The van der Waals surface area contributed by atoms with Crippen LogP contribution >= 0.6 is 0 Å². The Bertz CT molecular complexity index is 1560. The van der Waals surface area contributed by atoms with E-state index in [-0.39, 0.29) is 0 Å². The monoisotopic (exact) mass is 480 g/mol. The number of pyridine rings is 1. The van der Waals surface area contributed by atoms with Gasteiger partial charge in [0, 0.05) is 49.9 Å². The Morgan fingerprint density at radius 1 is 1.03 bits per heavy atom. The van der Waals surface area contributed by atoms with Gasteiger partial charge in [0.15, 0.2) is 0 Å². The zero-order valence-corrected chi connectivity index (χ0v) is 20.6. The fourth-order valence-corrected chi connectivity index (χ4v) is 4.65. The Morgan fingerprint density at radius 2 is 1.94 bits per heavy atom. The first-order chi connectivity index (χ1) is 17.5. The topological polar surface area (TPSA) is 93.0 Å². The summed E-state index contributed by atoms with van der Waals surface area (Å²) in [5.74, 6) is 3.25. The third-order valence-corrected chi connectivity index (χ3v) is 6.56. The maximum atomic E-state index is 6.17. The molecule has 0 aliphatic carbocycles. The second-order valence-corrected chi connectivity index (χ2v) is 9.30. The first kappa shape index (κ1) is 22.2. The largest absolute Gasteiger partial charge is 0.457 e. The lowest BCUT2D eigenvalue weighted by Gasteiger charge is -2.32. The van der Waals surface area contributed by atoms with Crippen LogP contribution in [0.15, 0.2) is 61.3 Å². The van der Waals surface area contributed by atoms with Gasteiger partial charge < -0.3 is 24.8 Å². The first-order valence-electron chi connectivity index (χ1n) is 12.1. The molecule has 5 aromatic rings. The van der Waals surface area contributed by atoms with Crippen molar-refractivity contribution in [1.29, 1.82) is 0 Å². The number of fused-ring (bicyclic) bond motifs is 2. The maximum Gasteiger partial charge on any atom is 0.141 e. The van der Waals surface area contributed by atoms with Gasteiger partial charge in [0.2, 0.25) is 0 Å². The van der Waals surface area contributed by atoms with Crippen LogP contribution in [-0.4, -0.2) is 50.2 Å². The van der Waals surface area contributed by atoms with Gasteiger partial charge in [-0.25, -0.2) is 19.9 Å². The molecule has 1 atom stereocenters. The second-order valence-electron chi connectivity index (χ2n) is 9.30. The van der Waals surface area contributed by atoms with Gasteiger partial charge in [-0.2, -0.15) is 0 Å². The zero-order valence-electron chi connectivity index (χ0n) is 20.6. The van der Waals surface area contributed by atoms with Crippen molar-refractivity contribution in [3.63, 3.8) is 0 Å². The number of imidazole rings is 1. The predicted octanol–water partition coefficient (Wildman–Crippen LogP) is 4.55. The summed E-state index contributed by atoms with van der Waals surface area (Å²) >= 11 is 0. The number of benzene rings is 2. The molecule has 9 nitrogen and oxygen atoms in total. The zero-order chi connectivity index (χ0) is 24.6. The predicted molar refractivity (Wildman–Crippen MR) is 142 cm³/mol. The number of aromatic nitrogens is 5. The molecule has 1 fully saturated rings. The summed E-state index contributed by atoms with van der Waals surface area (Å²) in [4.78, 5) is 20.3. The summed E-state index contributed by atoms with van der Waals surface area (Å²) in [5.41, 5.74) is 4.72. The van der Waals surface area contributed by atoms with Crippen LogP contribution in [0.25, 0.3) is 21.9 Å². The van der Waals surface area contributed by atoms with Gasteiger partial charge in [-0.3, -0.25) is 0 Å². The highest BCUT2D eigenvalue weighted by Crippen LogP contribution is 2.31. The molecule has 0 amide bonds. The number of nitrogens with zero attached hydrogens (tertiary/aromatic N) is 6. The number of aryl methyl sites for hydroxylation is 2. The molecule has 36 heavy (non-hydrogen) atoms. The minimum absolute atomic E-state index is 0.426. The Hall–Kier alpha value is -4.24. The molecular formula is C27H28N8O. The van der Waals surface area contributed by atoms with Crippen LogP contribution in [0.4, 0.5) is 17.3 Å². The fraction of sp³-hybridized carbons (Fsp3) is 0.259. The van der Waals surface area contributed by atoms with Crippen molar-refractivity contribution in [2.45, 2.75) is 19.9 Å². The molecule has 0 saturated carbocycles. The SMILES string of the molecule is Cc1cc(Nc2ncnc3cnc(N4CCN[C@H](C)C4)cc23)ccc1Oc1ccc2c(c1)ncn2C. The number of nitrogens with one attached hydrogen (secondary N) is 2. The summed E-state index contributed by atoms with van der Waals surface area (Å²) in [7, 11) is 1.98. The smallest absolute Gasteiger partial charge is 0.141 e. The minimum atomic E-state index is 0.426. The van der Waals surface area contributed by atoms with Crippen LogP contribution in [0.2, 0.25) is 0 Å². The molecule has 182 valence electrons. The standard InChI is InChI=1S/C27H28N8O/c1-17-10-19(4-7-25(17)36-20-5-6-24-22(11-20)32-16-34(24)3)33-27-21-12-26(29-13-23(21)30-15-31-27)35-9-8-28-18(2)14-35/h4-7,10-13,15-16,18,28H,8-9,14H2,1-3H3,(H,30,31,33)/t18-/m1/s1. The van der Waals surface area contributed by atoms with E-state index >= 15 is 0 Å².